The first-order valence-corrected chi connectivity index (χ1v) is 6.63. The average Bonchev–Trinajstić information content (AvgIpc) is 2.45. The summed E-state index contributed by atoms with van der Waals surface area (Å²) in [6.45, 7) is 7.90. The Balaban J connectivity index is 2.56. The molecule has 1 aromatic carbocycles. The summed E-state index contributed by atoms with van der Waals surface area (Å²) < 4.78 is 0. The predicted molar refractivity (Wildman–Crippen MR) is 80.9 cm³/mol. The lowest BCUT2D eigenvalue weighted by atomic mass is 10.2. The summed E-state index contributed by atoms with van der Waals surface area (Å²) in [5.74, 6) is -0.166. The minimum absolute atomic E-state index is 0.124. The van der Waals surface area contributed by atoms with Crippen LogP contribution >= 0.6 is 0 Å². The number of anilines is 1. The lowest BCUT2D eigenvalue weighted by Gasteiger charge is -2.12. The van der Waals surface area contributed by atoms with Crippen LogP contribution < -0.4 is 16.0 Å². The normalized spacial score (nSPS) is 11.3. The first kappa shape index (κ1) is 15.8. The highest BCUT2D eigenvalue weighted by Gasteiger charge is 2.07. The van der Waals surface area contributed by atoms with E-state index >= 15 is 0 Å². The number of carbonyl (C=O) groups is 2. The molecular formula is C15H21N3O2. The second kappa shape index (κ2) is 7.99. The van der Waals surface area contributed by atoms with E-state index in [0.29, 0.717) is 17.8 Å². The molecule has 20 heavy (non-hydrogen) atoms. The van der Waals surface area contributed by atoms with Crippen LogP contribution in [-0.4, -0.2) is 24.5 Å². The summed E-state index contributed by atoms with van der Waals surface area (Å²) in [5, 5.41) is 8.21. The van der Waals surface area contributed by atoms with Crippen molar-refractivity contribution in [3.8, 4) is 0 Å². The Morgan fingerprint density at radius 1 is 1.30 bits per heavy atom. The lowest BCUT2D eigenvalue weighted by Crippen LogP contribution is -2.35. The van der Waals surface area contributed by atoms with Crippen LogP contribution in [0.2, 0.25) is 0 Å². The fourth-order valence-corrected chi connectivity index (χ4v) is 1.46. The zero-order chi connectivity index (χ0) is 15.0. The van der Waals surface area contributed by atoms with E-state index in [1.54, 1.807) is 30.3 Å². The van der Waals surface area contributed by atoms with Gasteiger partial charge in [-0.2, -0.15) is 0 Å². The number of urea groups is 1. The van der Waals surface area contributed by atoms with Crippen LogP contribution in [0.15, 0.2) is 36.9 Å². The van der Waals surface area contributed by atoms with Crippen molar-refractivity contribution in [2.75, 3.05) is 11.9 Å². The van der Waals surface area contributed by atoms with Crippen molar-refractivity contribution >= 4 is 17.6 Å². The Morgan fingerprint density at radius 2 is 1.95 bits per heavy atom. The minimum Gasteiger partial charge on any atom is -0.349 e. The van der Waals surface area contributed by atoms with Gasteiger partial charge in [0.1, 0.15) is 0 Å². The summed E-state index contributed by atoms with van der Waals surface area (Å²) in [7, 11) is 0. The molecule has 0 fully saturated rings. The molecule has 1 aromatic rings. The molecular weight excluding hydrogens is 254 g/mol. The third-order valence-electron chi connectivity index (χ3n) is 2.80. The van der Waals surface area contributed by atoms with Crippen LogP contribution in [0, 0.1) is 0 Å². The third-order valence-corrected chi connectivity index (χ3v) is 2.80. The van der Waals surface area contributed by atoms with E-state index < -0.39 is 0 Å². The maximum atomic E-state index is 11.7. The first-order valence-electron chi connectivity index (χ1n) is 6.63. The molecule has 5 heteroatoms. The topological polar surface area (TPSA) is 70.2 Å². The van der Waals surface area contributed by atoms with Gasteiger partial charge < -0.3 is 16.0 Å². The summed E-state index contributed by atoms with van der Waals surface area (Å²) in [4.78, 5) is 23.3. The van der Waals surface area contributed by atoms with E-state index in [1.165, 1.54) is 0 Å². The van der Waals surface area contributed by atoms with Gasteiger partial charge in [0.2, 0.25) is 0 Å². The van der Waals surface area contributed by atoms with Gasteiger partial charge in [-0.05, 0) is 37.6 Å². The molecule has 0 aliphatic heterocycles. The molecule has 0 spiro atoms. The Bertz CT molecular complexity index is 469. The van der Waals surface area contributed by atoms with Gasteiger partial charge in [0, 0.05) is 23.8 Å². The molecule has 0 bridgehead atoms. The molecule has 0 saturated heterocycles. The maximum absolute atomic E-state index is 11.7. The van der Waals surface area contributed by atoms with Crippen molar-refractivity contribution in [3.63, 3.8) is 0 Å². The first-order chi connectivity index (χ1) is 9.56. The van der Waals surface area contributed by atoms with Crippen LogP contribution in [0.25, 0.3) is 0 Å². The second-order valence-corrected chi connectivity index (χ2v) is 4.48. The fourth-order valence-electron chi connectivity index (χ4n) is 1.46. The molecule has 0 aliphatic carbocycles. The third kappa shape index (κ3) is 5.14. The fraction of sp³-hybridized carbons (Fsp3) is 0.333. The van der Waals surface area contributed by atoms with Crippen molar-refractivity contribution in [1.82, 2.24) is 10.6 Å². The monoisotopic (exact) mass is 275 g/mol. The highest BCUT2D eigenvalue weighted by Crippen LogP contribution is 2.09. The molecule has 1 atom stereocenters. The number of rotatable bonds is 6. The molecule has 3 N–H and O–H groups in total. The van der Waals surface area contributed by atoms with Crippen LogP contribution in [0.5, 0.6) is 0 Å². The zero-order valence-corrected chi connectivity index (χ0v) is 11.9. The molecule has 0 aliphatic rings. The molecule has 0 saturated carbocycles. The summed E-state index contributed by atoms with van der Waals surface area (Å²) in [5.41, 5.74) is 1.19. The predicted octanol–water partition coefficient (Wildman–Crippen LogP) is 2.52. The average molecular weight is 275 g/mol. The molecule has 0 aromatic heterocycles. The number of hydrogen-bond donors (Lipinski definition) is 3. The molecule has 0 radical (unpaired) electrons. The van der Waals surface area contributed by atoms with E-state index in [4.69, 9.17) is 0 Å². The maximum Gasteiger partial charge on any atom is 0.319 e. The SMILES string of the molecule is C=CCNC(=O)c1ccc(NC(=O)NC(C)CC)cc1. The van der Waals surface area contributed by atoms with Gasteiger partial charge in [-0.15, -0.1) is 6.58 Å². The van der Waals surface area contributed by atoms with Gasteiger partial charge in [-0.25, -0.2) is 4.79 Å². The summed E-state index contributed by atoms with van der Waals surface area (Å²) in [6.07, 6.45) is 2.49. The molecule has 3 amide bonds. The summed E-state index contributed by atoms with van der Waals surface area (Å²) in [6, 6.07) is 6.59. The van der Waals surface area contributed by atoms with Crippen LogP contribution in [0.1, 0.15) is 30.6 Å². The van der Waals surface area contributed by atoms with Gasteiger partial charge in [0.25, 0.3) is 5.91 Å². The molecule has 0 heterocycles. The zero-order valence-electron chi connectivity index (χ0n) is 11.9. The van der Waals surface area contributed by atoms with Crippen molar-refractivity contribution in [2.24, 2.45) is 0 Å². The second-order valence-electron chi connectivity index (χ2n) is 4.48. The Kier molecular flexibility index (Phi) is 6.29. The van der Waals surface area contributed by atoms with E-state index in [1.807, 2.05) is 13.8 Å². The van der Waals surface area contributed by atoms with Crippen LogP contribution in [0.3, 0.4) is 0 Å². The number of nitrogens with one attached hydrogen (secondary N) is 3. The molecule has 1 rings (SSSR count). The molecule has 1 unspecified atom stereocenters. The summed E-state index contributed by atoms with van der Waals surface area (Å²) >= 11 is 0. The highest BCUT2D eigenvalue weighted by atomic mass is 16.2. The van der Waals surface area contributed by atoms with Gasteiger partial charge >= 0.3 is 6.03 Å². The largest absolute Gasteiger partial charge is 0.349 e. The van der Waals surface area contributed by atoms with Crippen molar-refractivity contribution in [2.45, 2.75) is 26.3 Å². The number of carbonyl (C=O) groups excluding carboxylic acids is 2. The van der Waals surface area contributed by atoms with Crippen LogP contribution in [0.4, 0.5) is 10.5 Å². The Labute approximate surface area is 119 Å². The molecule has 5 nitrogen and oxygen atoms in total. The number of benzene rings is 1. The van der Waals surface area contributed by atoms with E-state index in [2.05, 4.69) is 22.5 Å². The van der Waals surface area contributed by atoms with E-state index in [-0.39, 0.29) is 18.0 Å². The van der Waals surface area contributed by atoms with E-state index in [0.717, 1.165) is 6.42 Å². The Morgan fingerprint density at radius 3 is 2.50 bits per heavy atom. The standard InChI is InChI=1S/C15H21N3O2/c1-4-10-16-14(19)12-6-8-13(9-7-12)18-15(20)17-11(3)5-2/h4,6-9,11H,1,5,10H2,2-3H3,(H,16,19)(H2,17,18,20). The number of hydrogen-bond acceptors (Lipinski definition) is 2. The van der Waals surface area contributed by atoms with Crippen molar-refractivity contribution < 1.29 is 9.59 Å². The van der Waals surface area contributed by atoms with Crippen molar-refractivity contribution in [1.29, 1.82) is 0 Å². The van der Waals surface area contributed by atoms with Gasteiger partial charge in [0.05, 0.1) is 0 Å². The van der Waals surface area contributed by atoms with Gasteiger partial charge in [-0.1, -0.05) is 13.0 Å². The smallest absolute Gasteiger partial charge is 0.319 e. The van der Waals surface area contributed by atoms with Gasteiger partial charge in [-0.3, -0.25) is 4.79 Å². The minimum atomic E-state index is -0.247. The number of amides is 3. The van der Waals surface area contributed by atoms with Crippen molar-refractivity contribution in [3.05, 3.63) is 42.5 Å². The van der Waals surface area contributed by atoms with Crippen LogP contribution in [-0.2, 0) is 0 Å². The molecule has 108 valence electrons. The Hall–Kier alpha value is -2.30. The highest BCUT2D eigenvalue weighted by molar-refractivity contribution is 5.95. The quantitative estimate of drug-likeness (QED) is 0.698. The van der Waals surface area contributed by atoms with E-state index in [9.17, 15) is 9.59 Å². The van der Waals surface area contributed by atoms with Gasteiger partial charge in [0.15, 0.2) is 0 Å². The lowest BCUT2D eigenvalue weighted by molar-refractivity contribution is 0.0958.